The average molecular weight is 322 g/mol. The van der Waals surface area contributed by atoms with Crippen LogP contribution in [0.25, 0.3) is 6.08 Å². The maximum Gasteiger partial charge on any atom is 0.272 e. The summed E-state index contributed by atoms with van der Waals surface area (Å²) < 4.78 is 5.06. The number of hydrogen-bond donors (Lipinski definition) is 0. The van der Waals surface area contributed by atoms with Crippen molar-refractivity contribution in [2.75, 3.05) is 7.11 Å². The molecule has 0 heterocycles. The number of nitro groups is 1. The molecule has 2 rings (SSSR count). The summed E-state index contributed by atoms with van der Waals surface area (Å²) in [6, 6.07) is 12.8. The Labute approximate surface area is 138 Å². The Morgan fingerprint density at radius 3 is 2.67 bits per heavy atom. The van der Waals surface area contributed by atoms with Gasteiger partial charge in [0.15, 0.2) is 0 Å². The van der Waals surface area contributed by atoms with Gasteiger partial charge in [0.1, 0.15) is 17.4 Å². The zero-order valence-corrected chi connectivity index (χ0v) is 13.1. The van der Waals surface area contributed by atoms with Crippen LogP contribution in [0, 0.1) is 28.4 Å². The van der Waals surface area contributed by atoms with Gasteiger partial charge in [0.25, 0.3) is 5.69 Å². The van der Waals surface area contributed by atoms with Gasteiger partial charge < -0.3 is 4.74 Å². The molecule has 0 saturated carbocycles. The highest BCUT2D eigenvalue weighted by Crippen LogP contribution is 2.22. The van der Waals surface area contributed by atoms with Crippen LogP contribution in [0.3, 0.4) is 0 Å². The Hall–Kier alpha value is -3.46. The van der Waals surface area contributed by atoms with E-state index in [1.165, 1.54) is 25.3 Å². The molecular formula is C18H14N2O4. The van der Waals surface area contributed by atoms with Gasteiger partial charge in [-0.2, -0.15) is 5.26 Å². The zero-order valence-electron chi connectivity index (χ0n) is 13.1. The van der Waals surface area contributed by atoms with Gasteiger partial charge in [0.2, 0.25) is 5.78 Å². The van der Waals surface area contributed by atoms with Crippen LogP contribution >= 0.6 is 0 Å². The van der Waals surface area contributed by atoms with Crippen LogP contribution < -0.4 is 4.74 Å². The summed E-state index contributed by atoms with van der Waals surface area (Å²) in [6.45, 7) is 1.62. The highest BCUT2D eigenvalue weighted by atomic mass is 16.6. The van der Waals surface area contributed by atoms with E-state index in [0.717, 1.165) is 0 Å². The van der Waals surface area contributed by atoms with Crippen molar-refractivity contribution >= 4 is 17.5 Å². The summed E-state index contributed by atoms with van der Waals surface area (Å²) in [6.07, 6.45) is 1.34. The quantitative estimate of drug-likeness (QED) is 0.275. The third-order valence-corrected chi connectivity index (χ3v) is 3.44. The number of Topliss-reactive ketones (excluding diaryl/α,β-unsaturated/α-hetero) is 1. The van der Waals surface area contributed by atoms with E-state index in [1.807, 2.05) is 6.07 Å². The highest BCUT2D eigenvalue weighted by Gasteiger charge is 2.15. The third-order valence-electron chi connectivity index (χ3n) is 3.44. The molecule has 0 atom stereocenters. The van der Waals surface area contributed by atoms with Gasteiger partial charge in [-0.05, 0) is 30.7 Å². The molecule has 24 heavy (non-hydrogen) atoms. The minimum absolute atomic E-state index is 0.0603. The topological polar surface area (TPSA) is 93.2 Å². The first-order chi connectivity index (χ1) is 11.5. The molecular weight excluding hydrogens is 308 g/mol. The second-order valence-corrected chi connectivity index (χ2v) is 5.03. The van der Waals surface area contributed by atoms with Crippen LogP contribution in [-0.4, -0.2) is 17.8 Å². The Morgan fingerprint density at radius 1 is 1.29 bits per heavy atom. The fraction of sp³-hybridized carbons (Fsp3) is 0.111. The van der Waals surface area contributed by atoms with Crippen molar-refractivity contribution in [1.29, 1.82) is 5.26 Å². The Kier molecular flexibility index (Phi) is 5.07. The van der Waals surface area contributed by atoms with Gasteiger partial charge in [0, 0.05) is 17.2 Å². The molecule has 120 valence electrons. The van der Waals surface area contributed by atoms with Crippen LogP contribution in [0.1, 0.15) is 21.5 Å². The van der Waals surface area contributed by atoms with Crippen molar-refractivity contribution in [2.24, 2.45) is 0 Å². The van der Waals surface area contributed by atoms with Crippen LogP contribution in [0.2, 0.25) is 0 Å². The molecule has 0 radical (unpaired) electrons. The molecule has 2 aromatic rings. The molecule has 2 aromatic carbocycles. The van der Waals surface area contributed by atoms with E-state index in [-0.39, 0.29) is 11.3 Å². The summed E-state index contributed by atoms with van der Waals surface area (Å²) in [5, 5.41) is 20.3. The van der Waals surface area contributed by atoms with E-state index in [9.17, 15) is 20.2 Å². The lowest BCUT2D eigenvalue weighted by Crippen LogP contribution is -2.02. The predicted octanol–water partition coefficient (Wildman–Crippen LogP) is 3.70. The first-order valence-corrected chi connectivity index (χ1v) is 7.02. The maximum absolute atomic E-state index is 12.5. The number of benzene rings is 2. The summed E-state index contributed by atoms with van der Waals surface area (Å²) >= 11 is 0. The summed E-state index contributed by atoms with van der Waals surface area (Å²) in [7, 11) is 1.48. The normalized spacial score (nSPS) is 10.8. The van der Waals surface area contributed by atoms with Crippen LogP contribution in [0.15, 0.2) is 48.0 Å². The molecule has 0 unspecified atom stereocenters. The first kappa shape index (κ1) is 16.9. The number of nitriles is 1. The number of aryl methyl sites for hydroxylation is 1. The molecule has 0 spiro atoms. The van der Waals surface area contributed by atoms with Crippen molar-refractivity contribution < 1.29 is 14.5 Å². The van der Waals surface area contributed by atoms with E-state index >= 15 is 0 Å². The number of allylic oxidation sites excluding steroid dienone is 1. The van der Waals surface area contributed by atoms with Crippen molar-refractivity contribution in [1.82, 2.24) is 0 Å². The first-order valence-electron chi connectivity index (χ1n) is 7.02. The van der Waals surface area contributed by atoms with Gasteiger partial charge in [-0.15, -0.1) is 0 Å². The fourth-order valence-corrected chi connectivity index (χ4v) is 2.15. The van der Waals surface area contributed by atoms with E-state index < -0.39 is 10.7 Å². The molecule has 0 bridgehead atoms. The smallest absolute Gasteiger partial charge is 0.272 e. The van der Waals surface area contributed by atoms with E-state index in [4.69, 9.17) is 4.74 Å². The monoisotopic (exact) mass is 322 g/mol. The van der Waals surface area contributed by atoms with Gasteiger partial charge in [0.05, 0.1) is 12.0 Å². The number of carbonyl (C=O) groups is 1. The second kappa shape index (κ2) is 7.20. The van der Waals surface area contributed by atoms with Crippen molar-refractivity contribution in [3.05, 3.63) is 74.8 Å². The standard InChI is InChI=1S/C18H14N2O4/c1-12-6-7-13(9-17(12)20(22)23)8-15(11-19)18(21)14-4-3-5-16(10-14)24-2/h3-10H,1-2H3. The molecule has 0 aromatic heterocycles. The predicted molar refractivity (Wildman–Crippen MR) is 88.7 cm³/mol. The zero-order chi connectivity index (χ0) is 17.7. The molecule has 6 nitrogen and oxygen atoms in total. The van der Waals surface area contributed by atoms with E-state index in [2.05, 4.69) is 0 Å². The van der Waals surface area contributed by atoms with Gasteiger partial charge in [-0.25, -0.2) is 0 Å². The number of nitro benzene ring substituents is 1. The van der Waals surface area contributed by atoms with Crippen LogP contribution in [-0.2, 0) is 0 Å². The molecule has 0 fully saturated rings. The van der Waals surface area contributed by atoms with Crippen molar-refractivity contribution in [3.8, 4) is 11.8 Å². The van der Waals surface area contributed by atoms with Crippen LogP contribution in [0.5, 0.6) is 5.75 Å². The second-order valence-electron chi connectivity index (χ2n) is 5.03. The molecule has 6 heteroatoms. The minimum atomic E-state index is -0.497. The lowest BCUT2D eigenvalue weighted by atomic mass is 10.0. The van der Waals surface area contributed by atoms with Gasteiger partial charge >= 0.3 is 0 Å². The number of carbonyl (C=O) groups excluding carboxylic acids is 1. The highest BCUT2D eigenvalue weighted by molar-refractivity contribution is 6.14. The SMILES string of the molecule is COc1cccc(C(=O)C(C#N)=Cc2ccc(C)c([N+](=O)[O-])c2)c1. The number of hydrogen-bond acceptors (Lipinski definition) is 5. The van der Waals surface area contributed by atoms with Gasteiger partial charge in [-0.1, -0.05) is 24.3 Å². The maximum atomic E-state index is 12.5. The fourth-order valence-electron chi connectivity index (χ4n) is 2.15. The van der Waals surface area contributed by atoms with E-state index in [0.29, 0.717) is 22.4 Å². The number of methoxy groups -OCH3 is 1. The number of rotatable bonds is 5. The summed E-state index contributed by atoms with van der Waals surface area (Å²) in [5.41, 5.74) is 1.06. The molecule has 0 amide bonds. The third kappa shape index (κ3) is 3.65. The van der Waals surface area contributed by atoms with Crippen molar-refractivity contribution in [2.45, 2.75) is 6.92 Å². The Morgan fingerprint density at radius 2 is 2.04 bits per heavy atom. The molecule has 0 N–H and O–H groups in total. The largest absolute Gasteiger partial charge is 0.497 e. The molecule has 0 saturated heterocycles. The average Bonchev–Trinajstić information content (AvgIpc) is 2.60. The minimum Gasteiger partial charge on any atom is -0.497 e. The van der Waals surface area contributed by atoms with Gasteiger partial charge in [-0.3, -0.25) is 14.9 Å². The summed E-state index contributed by atoms with van der Waals surface area (Å²) in [5.74, 6) is 0.0312. The number of ketones is 1. The number of nitrogens with zero attached hydrogens (tertiary/aromatic N) is 2. The Bertz CT molecular complexity index is 879. The van der Waals surface area contributed by atoms with Crippen LogP contribution in [0.4, 0.5) is 5.69 Å². The number of ether oxygens (including phenoxy) is 1. The molecule has 0 aliphatic rings. The van der Waals surface area contributed by atoms with Crippen molar-refractivity contribution in [3.63, 3.8) is 0 Å². The van der Waals surface area contributed by atoms with E-state index in [1.54, 1.807) is 37.3 Å². The lowest BCUT2D eigenvalue weighted by molar-refractivity contribution is -0.385. The molecule has 0 aliphatic heterocycles. The Balaban J connectivity index is 2.42. The lowest BCUT2D eigenvalue weighted by Gasteiger charge is -2.04. The molecule has 0 aliphatic carbocycles. The summed E-state index contributed by atoms with van der Waals surface area (Å²) in [4.78, 5) is 23.0.